The van der Waals surface area contributed by atoms with E-state index < -0.39 is 0 Å². The first-order chi connectivity index (χ1) is 6.77. The first kappa shape index (κ1) is 8.45. The monoisotopic (exact) mass is 193 g/mol. The Kier molecular flexibility index (Phi) is 1.70. The van der Waals surface area contributed by atoms with E-state index in [0.717, 1.165) is 12.8 Å². The normalized spacial score (nSPS) is 41.4. The molecule has 14 heavy (non-hydrogen) atoms. The molecule has 0 N–H and O–H groups in total. The minimum absolute atomic E-state index is 0.0839. The molecule has 2 heterocycles. The van der Waals surface area contributed by atoms with Gasteiger partial charge in [-0.15, -0.1) is 0 Å². The van der Waals surface area contributed by atoms with Crippen LogP contribution in [0.15, 0.2) is 0 Å². The van der Waals surface area contributed by atoms with Gasteiger partial charge in [0, 0.05) is 18.9 Å². The average molecular weight is 193 g/mol. The van der Waals surface area contributed by atoms with Gasteiger partial charge in [-0.05, 0) is 31.1 Å². The Bertz CT molecular complexity index is 300. The second-order valence-electron chi connectivity index (χ2n) is 4.84. The number of piperidine rings is 1. The molecule has 0 aromatic carbocycles. The minimum Gasteiger partial charge on any atom is -0.279 e. The van der Waals surface area contributed by atoms with Crippen LogP contribution in [0.2, 0.25) is 0 Å². The quantitative estimate of drug-likeness (QED) is 0.544. The zero-order valence-corrected chi connectivity index (χ0v) is 8.24. The first-order valence-corrected chi connectivity index (χ1v) is 5.62. The van der Waals surface area contributed by atoms with Gasteiger partial charge < -0.3 is 0 Å². The lowest BCUT2D eigenvalue weighted by Crippen LogP contribution is -2.49. The van der Waals surface area contributed by atoms with Crippen LogP contribution in [0.5, 0.6) is 0 Å². The molecule has 3 unspecified atom stereocenters. The molecule has 0 bridgehead atoms. The lowest BCUT2D eigenvalue weighted by molar-refractivity contribution is -0.148. The fourth-order valence-electron chi connectivity index (χ4n) is 3.55. The van der Waals surface area contributed by atoms with Gasteiger partial charge in [-0.25, -0.2) is 0 Å². The number of carbonyl (C=O) groups excluding carboxylic acids is 2. The largest absolute Gasteiger partial charge is 0.279 e. The van der Waals surface area contributed by atoms with Gasteiger partial charge in [-0.3, -0.25) is 14.5 Å². The van der Waals surface area contributed by atoms with E-state index in [1.165, 1.54) is 12.8 Å². The molecule has 2 aliphatic heterocycles. The molecule has 1 aliphatic carbocycles. The van der Waals surface area contributed by atoms with Gasteiger partial charge in [0.1, 0.15) is 0 Å². The molecule has 3 atom stereocenters. The number of nitrogens with zero attached hydrogens (tertiary/aromatic N) is 1. The molecule has 3 nitrogen and oxygen atoms in total. The van der Waals surface area contributed by atoms with Gasteiger partial charge >= 0.3 is 0 Å². The predicted octanol–water partition coefficient (Wildman–Crippen LogP) is 1.32. The maximum Gasteiger partial charge on any atom is 0.229 e. The smallest absolute Gasteiger partial charge is 0.229 e. The van der Waals surface area contributed by atoms with E-state index in [2.05, 4.69) is 0 Å². The SMILES string of the molecule is O=C1CCC2CCCC3CC(=O)N1C23. The summed E-state index contributed by atoms with van der Waals surface area (Å²) >= 11 is 0. The average Bonchev–Trinajstić information content (AvgIpc) is 2.51. The van der Waals surface area contributed by atoms with Crippen LogP contribution in [0.25, 0.3) is 0 Å². The van der Waals surface area contributed by atoms with Crippen molar-refractivity contribution in [3.63, 3.8) is 0 Å². The highest BCUT2D eigenvalue weighted by atomic mass is 16.2. The Hall–Kier alpha value is -0.860. The molecule has 1 saturated carbocycles. The van der Waals surface area contributed by atoms with Crippen LogP contribution in [0.3, 0.4) is 0 Å². The van der Waals surface area contributed by atoms with E-state index in [-0.39, 0.29) is 17.9 Å². The molecule has 3 fully saturated rings. The van der Waals surface area contributed by atoms with Gasteiger partial charge in [0.05, 0.1) is 0 Å². The second-order valence-corrected chi connectivity index (χ2v) is 4.84. The van der Waals surface area contributed by atoms with Crippen molar-refractivity contribution in [1.82, 2.24) is 4.90 Å². The van der Waals surface area contributed by atoms with Gasteiger partial charge in [0.25, 0.3) is 0 Å². The molecule has 0 radical (unpaired) electrons. The lowest BCUT2D eigenvalue weighted by Gasteiger charge is -2.41. The molecule has 3 rings (SSSR count). The number of carbonyl (C=O) groups is 2. The van der Waals surface area contributed by atoms with Crippen LogP contribution in [-0.2, 0) is 9.59 Å². The highest BCUT2D eigenvalue weighted by Gasteiger charge is 2.50. The molecule has 2 saturated heterocycles. The van der Waals surface area contributed by atoms with E-state index >= 15 is 0 Å². The number of rotatable bonds is 0. The summed E-state index contributed by atoms with van der Waals surface area (Å²) in [5.41, 5.74) is 0. The zero-order chi connectivity index (χ0) is 9.71. The summed E-state index contributed by atoms with van der Waals surface area (Å²) in [6.07, 6.45) is 5.87. The van der Waals surface area contributed by atoms with Crippen LogP contribution < -0.4 is 0 Å². The number of imide groups is 1. The summed E-state index contributed by atoms with van der Waals surface area (Å²) in [4.78, 5) is 24.9. The molecule has 2 amide bonds. The Morgan fingerprint density at radius 1 is 1.00 bits per heavy atom. The van der Waals surface area contributed by atoms with Crippen LogP contribution >= 0.6 is 0 Å². The summed E-state index contributed by atoms with van der Waals surface area (Å²) < 4.78 is 0. The van der Waals surface area contributed by atoms with Gasteiger partial charge in [-0.1, -0.05) is 6.42 Å². The third-order valence-corrected chi connectivity index (χ3v) is 4.12. The van der Waals surface area contributed by atoms with Gasteiger partial charge in [0.2, 0.25) is 11.8 Å². The summed E-state index contributed by atoms with van der Waals surface area (Å²) in [7, 11) is 0. The molecule has 3 aliphatic rings. The topological polar surface area (TPSA) is 37.4 Å². The van der Waals surface area contributed by atoms with Crippen molar-refractivity contribution in [1.29, 1.82) is 0 Å². The molecule has 0 aromatic heterocycles. The fourth-order valence-corrected chi connectivity index (χ4v) is 3.55. The van der Waals surface area contributed by atoms with E-state index in [4.69, 9.17) is 0 Å². The molecule has 0 spiro atoms. The summed E-state index contributed by atoms with van der Waals surface area (Å²) in [5.74, 6) is 1.29. The van der Waals surface area contributed by atoms with Crippen molar-refractivity contribution in [3.8, 4) is 0 Å². The van der Waals surface area contributed by atoms with Crippen molar-refractivity contribution < 1.29 is 9.59 Å². The molecular formula is C11H15NO2. The lowest BCUT2D eigenvalue weighted by atomic mass is 9.74. The van der Waals surface area contributed by atoms with Crippen molar-refractivity contribution in [2.75, 3.05) is 0 Å². The van der Waals surface area contributed by atoms with E-state index in [1.54, 1.807) is 4.90 Å². The Morgan fingerprint density at radius 2 is 1.79 bits per heavy atom. The number of hydrogen-bond acceptors (Lipinski definition) is 2. The molecule has 0 aromatic rings. The first-order valence-electron chi connectivity index (χ1n) is 5.62. The van der Waals surface area contributed by atoms with E-state index in [1.807, 2.05) is 0 Å². The highest BCUT2D eigenvalue weighted by molar-refractivity contribution is 5.98. The van der Waals surface area contributed by atoms with E-state index in [0.29, 0.717) is 24.7 Å². The maximum atomic E-state index is 11.7. The highest BCUT2D eigenvalue weighted by Crippen LogP contribution is 2.44. The van der Waals surface area contributed by atoms with Crippen LogP contribution in [0.1, 0.15) is 38.5 Å². The Balaban J connectivity index is 1.96. The van der Waals surface area contributed by atoms with Gasteiger partial charge in [0.15, 0.2) is 0 Å². The van der Waals surface area contributed by atoms with Crippen molar-refractivity contribution in [3.05, 3.63) is 0 Å². The maximum absolute atomic E-state index is 11.7. The van der Waals surface area contributed by atoms with Crippen LogP contribution in [0, 0.1) is 11.8 Å². The van der Waals surface area contributed by atoms with Gasteiger partial charge in [-0.2, -0.15) is 0 Å². The van der Waals surface area contributed by atoms with Crippen LogP contribution in [0.4, 0.5) is 0 Å². The van der Waals surface area contributed by atoms with E-state index in [9.17, 15) is 9.59 Å². The molecular weight excluding hydrogens is 178 g/mol. The Labute approximate surface area is 83.5 Å². The second kappa shape index (κ2) is 2.81. The molecule has 76 valence electrons. The number of hydrogen-bond donors (Lipinski definition) is 0. The standard InChI is InChI=1S/C11H15NO2/c13-9-5-4-7-2-1-3-8-6-10(14)12(9)11(7)8/h7-8,11H,1-6H2. The predicted molar refractivity (Wildman–Crippen MR) is 50.3 cm³/mol. The third-order valence-electron chi connectivity index (χ3n) is 4.12. The summed E-state index contributed by atoms with van der Waals surface area (Å²) in [6, 6.07) is 0.289. The third kappa shape index (κ3) is 0.983. The number of amides is 2. The Morgan fingerprint density at radius 3 is 2.64 bits per heavy atom. The van der Waals surface area contributed by atoms with Crippen molar-refractivity contribution in [2.24, 2.45) is 11.8 Å². The fraction of sp³-hybridized carbons (Fsp3) is 0.818. The van der Waals surface area contributed by atoms with Crippen molar-refractivity contribution in [2.45, 2.75) is 44.6 Å². The molecule has 3 heteroatoms. The van der Waals surface area contributed by atoms with Crippen LogP contribution in [-0.4, -0.2) is 22.8 Å². The zero-order valence-electron chi connectivity index (χ0n) is 8.24. The summed E-state index contributed by atoms with van der Waals surface area (Å²) in [6.45, 7) is 0. The minimum atomic E-state index is 0.0839. The van der Waals surface area contributed by atoms with Crippen molar-refractivity contribution >= 4 is 11.8 Å². The summed E-state index contributed by atoms with van der Waals surface area (Å²) in [5, 5.41) is 0.